The van der Waals surface area contributed by atoms with Gasteiger partial charge in [-0.25, -0.2) is 4.98 Å². The summed E-state index contributed by atoms with van der Waals surface area (Å²) in [4.78, 5) is 37.0. The van der Waals surface area contributed by atoms with Gasteiger partial charge in [-0.2, -0.15) is 4.98 Å². The van der Waals surface area contributed by atoms with Crippen molar-refractivity contribution in [2.45, 2.75) is 31.8 Å². The maximum Gasteiger partial charge on any atom is 0.297 e. The molecule has 0 N–H and O–H groups in total. The van der Waals surface area contributed by atoms with Gasteiger partial charge < -0.3 is 13.8 Å². The number of furan rings is 1. The van der Waals surface area contributed by atoms with E-state index < -0.39 is 0 Å². The molecular weight excluding hydrogens is 434 g/mol. The molecule has 4 heterocycles. The molecule has 1 aliphatic rings. The molecule has 9 heteroatoms. The lowest BCUT2D eigenvalue weighted by Crippen LogP contribution is -2.41. The van der Waals surface area contributed by atoms with Crippen LogP contribution in [0.15, 0.2) is 74.7 Å². The Morgan fingerprint density at radius 1 is 1.06 bits per heavy atom. The number of carbonyl (C=O) groups is 1. The van der Waals surface area contributed by atoms with Crippen LogP contribution in [0.4, 0.5) is 0 Å². The Kier molecular flexibility index (Phi) is 4.94. The number of amides is 1. The smallest absolute Gasteiger partial charge is 0.297 e. The molecule has 0 spiro atoms. The van der Waals surface area contributed by atoms with Crippen LogP contribution in [-0.4, -0.2) is 37.0 Å². The van der Waals surface area contributed by atoms with E-state index in [4.69, 9.17) is 8.94 Å². The zero-order chi connectivity index (χ0) is 23.1. The summed E-state index contributed by atoms with van der Waals surface area (Å²) in [5.41, 5.74) is 1.71. The summed E-state index contributed by atoms with van der Waals surface area (Å²) in [5.74, 6) is 0.693. The van der Waals surface area contributed by atoms with Crippen molar-refractivity contribution in [2.24, 2.45) is 0 Å². The van der Waals surface area contributed by atoms with Gasteiger partial charge in [0.2, 0.25) is 23.2 Å². The topological polar surface area (TPSA) is 107 Å². The van der Waals surface area contributed by atoms with Crippen LogP contribution in [-0.2, 0) is 11.3 Å². The summed E-state index contributed by atoms with van der Waals surface area (Å²) in [6.45, 7) is 0.413. The maximum absolute atomic E-state index is 13.3. The molecule has 1 saturated heterocycles. The van der Waals surface area contributed by atoms with E-state index in [0.29, 0.717) is 29.4 Å². The monoisotopic (exact) mass is 455 g/mol. The number of aromatic nitrogens is 4. The molecule has 0 radical (unpaired) electrons. The second-order valence-electron chi connectivity index (χ2n) is 8.37. The summed E-state index contributed by atoms with van der Waals surface area (Å²) >= 11 is 0. The van der Waals surface area contributed by atoms with E-state index in [2.05, 4.69) is 15.1 Å². The molecule has 6 rings (SSSR count). The van der Waals surface area contributed by atoms with Crippen molar-refractivity contribution in [3.63, 3.8) is 0 Å². The van der Waals surface area contributed by atoms with Gasteiger partial charge in [-0.15, -0.1) is 0 Å². The van der Waals surface area contributed by atoms with Crippen LogP contribution >= 0.6 is 0 Å². The van der Waals surface area contributed by atoms with Gasteiger partial charge in [0.25, 0.3) is 5.56 Å². The summed E-state index contributed by atoms with van der Waals surface area (Å²) in [7, 11) is 0. The third kappa shape index (κ3) is 3.45. The lowest BCUT2D eigenvalue weighted by molar-refractivity contribution is -0.136. The van der Waals surface area contributed by atoms with Gasteiger partial charge in [0.1, 0.15) is 23.7 Å². The number of likely N-dealkylation sites (tertiary alicyclic amines) is 1. The highest BCUT2D eigenvalue weighted by Crippen LogP contribution is 2.31. The van der Waals surface area contributed by atoms with Crippen LogP contribution in [0, 0.1) is 0 Å². The first-order valence-corrected chi connectivity index (χ1v) is 11.2. The van der Waals surface area contributed by atoms with Gasteiger partial charge >= 0.3 is 0 Å². The quantitative estimate of drug-likeness (QED) is 0.404. The first kappa shape index (κ1) is 20.3. The normalized spacial score (nSPS) is 16.4. The van der Waals surface area contributed by atoms with Crippen molar-refractivity contribution >= 4 is 28.0 Å². The Labute approximate surface area is 193 Å². The van der Waals surface area contributed by atoms with E-state index in [1.54, 1.807) is 11.0 Å². The molecule has 1 aliphatic heterocycles. The molecule has 170 valence electrons. The molecule has 5 aromatic rings. The van der Waals surface area contributed by atoms with Crippen LogP contribution in [0.1, 0.15) is 31.2 Å². The number of carbonyl (C=O) groups excluding carboxylic acids is 1. The van der Waals surface area contributed by atoms with Crippen LogP contribution in [0.2, 0.25) is 0 Å². The predicted octanol–water partition coefficient (Wildman–Crippen LogP) is 3.95. The zero-order valence-corrected chi connectivity index (χ0v) is 18.3. The second-order valence-corrected chi connectivity index (χ2v) is 8.37. The Morgan fingerprint density at radius 2 is 1.88 bits per heavy atom. The Morgan fingerprint density at radius 3 is 2.76 bits per heavy atom. The molecular formula is C25H21N5O4. The molecule has 1 atom stereocenters. The summed E-state index contributed by atoms with van der Waals surface area (Å²) < 4.78 is 12.6. The molecule has 34 heavy (non-hydrogen) atoms. The van der Waals surface area contributed by atoms with Crippen molar-refractivity contribution in [3.05, 3.63) is 77.2 Å². The fraction of sp³-hybridized carbons (Fsp3) is 0.240. The third-order valence-corrected chi connectivity index (χ3v) is 6.24. The number of hydrogen-bond donors (Lipinski definition) is 0. The number of hydrogen-bond acceptors (Lipinski definition) is 7. The molecule has 1 fully saturated rings. The van der Waals surface area contributed by atoms with Gasteiger partial charge in [0, 0.05) is 17.5 Å². The predicted molar refractivity (Wildman–Crippen MR) is 124 cm³/mol. The Hall–Kier alpha value is -4.27. The molecule has 1 unspecified atom stereocenters. The van der Waals surface area contributed by atoms with E-state index in [9.17, 15) is 9.59 Å². The molecule has 9 nitrogen and oxygen atoms in total. The van der Waals surface area contributed by atoms with Gasteiger partial charge in [0.15, 0.2) is 0 Å². The van der Waals surface area contributed by atoms with E-state index in [0.717, 1.165) is 30.2 Å². The average molecular weight is 455 g/mol. The third-order valence-electron chi connectivity index (χ3n) is 6.24. The minimum Gasteiger partial charge on any atom is -0.448 e. The SMILES string of the molecule is O=C(Cn1cnc2c(oc3ccccc32)c1=O)N1CCCCC1c1nc(-c2ccccc2)no1. The van der Waals surface area contributed by atoms with E-state index in [-0.39, 0.29) is 29.6 Å². The first-order valence-electron chi connectivity index (χ1n) is 11.2. The Balaban J connectivity index is 1.28. The van der Waals surface area contributed by atoms with Crippen LogP contribution in [0.3, 0.4) is 0 Å². The number of fused-ring (bicyclic) bond motifs is 3. The minimum absolute atomic E-state index is 0.144. The zero-order valence-electron chi connectivity index (χ0n) is 18.3. The van der Waals surface area contributed by atoms with Crippen molar-refractivity contribution in [3.8, 4) is 11.4 Å². The number of para-hydroxylation sites is 1. The number of nitrogens with zero attached hydrogens (tertiary/aromatic N) is 5. The summed E-state index contributed by atoms with van der Waals surface area (Å²) in [5, 5.41) is 4.88. The number of piperidine rings is 1. The fourth-order valence-electron chi connectivity index (χ4n) is 4.53. The molecule has 0 bridgehead atoms. The fourth-order valence-corrected chi connectivity index (χ4v) is 4.53. The summed E-state index contributed by atoms with van der Waals surface area (Å²) in [6.07, 6.45) is 3.95. The van der Waals surface area contributed by atoms with E-state index in [1.165, 1.54) is 10.9 Å². The van der Waals surface area contributed by atoms with Crippen molar-refractivity contribution < 1.29 is 13.7 Å². The average Bonchev–Trinajstić information content (AvgIpc) is 3.52. The van der Waals surface area contributed by atoms with E-state index in [1.807, 2.05) is 48.5 Å². The molecule has 0 aliphatic carbocycles. The largest absolute Gasteiger partial charge is 0.448 e. The minimum atomic E-state index is -0.382. The highest BCUT2D eigenvalue weighted by atomic mass is 16.5. The van der Waals surface area contributed by atoms with Gasteiger partial charge in [-0.05, 0) is 31.4 Å². The van der Waals surface area contributed by atoms with Crippen LogP contribution < -0.4 is 5.56 Å². The van der Waals surface area contributed by atoms with Crippen molar-refractivity contribution in [2.75, 3.05) is 6.54 Å². The standard InChI is InChI=1S/C25H21N5O4/c31-20(14-29-15-26-21-17-10-4-5-12-19(17)33-22(21)25(29)32)30-13-7-6-11-18(30)24-27-23(28-34-24)16-8-2-1-3-9-16/h1-5,8-10,12,15,18H,6-7,11,13-14H2. The summed E-state index contributed by atoms with van der Waals surface area (Å²) in [6, 6.07) is 16.6. The highest BCUT2D eigenvalue weighted by Gasteiger charge is 2.32. The molecule has 2 aromatic carbocycles. The number of rotatable bonds is 4. The lowest BCUT2D eigenvalue weighted by Gasteiger charge is -2.33. The number of benzene rings is 2. The van der Waals surface area contributed by atoms with Gasteiger partial charge in [-0.3, -0.25) is 14.2 Å². The lowest BCUT2D eigenvalue weighted by atomic mass is 10.0. The maximum atomic E-state index is 13.3. The first-order chi connectivity index (χ1) is 16.7. The highest BCUT2D eigenvalue weighted by molar-refractivity contribution is 6.01. The van der Waals surface area contributed by atoms with Gasteiger partial charge in [-0.1, -0.05) is 47.6 Å². The van der Waals surface area contributed by atoms with Gasteiger partial charge in [0.05, 0.1) is 6.33 Å². The Bertz CT molecular complexity index is 1550. The van der Waals surface area contributed by atoms with Crippen molar-refractivity contribution in [1.82, 2.24) is 24.6 Å². The van der Waals surface area contributed by atoms with E-state index >= 15 is 0 Å². The van der Waals surface area contributed by atoms with Crippen LogP contribution in [0.25, 0.3) is 33.5 Å². The molecule has 1 amide bonds. The molecule has 0 saturated carbocycles. The van der Waals surface area contributed by atoms with Crippen LogP contribution in [0.5, 0.6) is 0 Å². The second kappa shape index (κ2) is 8.26. The molecule has 3 aromatic heterocycles. The van der Waals surface area contributed by atoms with Crippen molar-refractivity contribution in [1.29, 1.82) is 0 Å².